The smallest absolute Gasteiger partial charge is 0.307 e. The number of hydrogen-bond acceptors (Lipinski definition) is 9. The average Bonchev–Trinajstić information content (AvgIpc) is 2.32. The van der Waals surface area contributed by atoms with Crippen molar-refractivity contribution in [1.29, 1.82) is 0 Å². The van der Waals surface area contributed by atoms with E-state index in [1.165, 1.54) is 0 Å². The van der Waals surface area contributed by atoms with Crippen LogP contribution in [-0.4, -0.2) is 31.2 Å². The van der Waals surface area contributed by atoms with Crippen LogP contribution < -0.4 is 0 Å². The molecular formula is C11H14N4O9. The molecule has 0 aliphatic heterocycles. The first kappa shape index (κ1) is 16.3. The summed E-state index contributed by atoms with van der Waals surface area (Å²) in [6, 6.07) is 0. The van der Waals surface area contributed by atoms with Gasteiger partial charge >= 0.3 is 5.79 Å². The SMILES string of the molecule is O=[N+]([O-])OC12CC3CC(C1)CC(C([N+](=O)[O-])([N+](=O)[O-])[N+](=O)[O-])(C3)C2. The van der Waals surface area contributed by atoms with Crippen molar-refractivity contribution in [3.63, 3.8) is 0 Å². The van der Waals surface area contributed by atoms with Crippen LogP contribution in [0.1, 0.15) is 38.5 Å². The van der Waals surface area contributed by atoms with Crippen molar-refractivity contribution in [3.8, 4) is 0 Å². The Morgan fingerprint density at radius 3 is 1.67 bits per heavy atom. The van der Waals surface area contributed by atoms with Gasteiger partial charge in [-0.15, -0.1) is 10.1 Å². The molecular weight excluding hydrogens is 332 g/mol. The van der Waals surface area contributed by atoms with E-state index in [9.17, 15) is 40.5 Å². The number of rotatable bonds is 6. The van der Waals surface area contributed by atoms with Crippen LogP contribution in [-0.2, 0) is 4.84 Å². The van der Waals surface area contributed by atoms with Gasteiger partial charge in [0.1, 0.15) is 5.60 Å². The first-order valence-electron chi connectivity index (χ1n) is 7.34. The topological polar surface area (TPSA) is 182 Å². The third kappa shape index (κ3) is 1.86. The van der Waals surface area contributed by atoms with Gasteiger partial charge in [-0.2, -0.15) is 0 Å². The van der Waals surface area contributed by atoms with Gasteiger partial charge in [0.2, 0.25) is 0 Å². The summed E-state index contributed by atoms with van der Waals surface area (Å²) < 4.78 is 0. The Kier molecular flexibility index (Phi) is 3.19. The van der Waals surface area contributed by atoms with E-state index in [1.807, 2.05) is 0 Å². The van der Waals surface area contributed by atoms with Crippen LogP contribution in [0.5, 0.6) is 0 Å². The standard InChI is InChI=1S/C11H14N4O9/c16-12(17)11(13(18)19,14(20)21)9-2-7-1-8(3-9)5-10(4-7,6-9)24-15(22)23/h7-8H,1-6H2. The van der Waals surface area contributed by atoms with Crippen molar-refractivity contribution in [3.05, 3.63) is 40.5 Å². The predicted octanol–water partition coefficient (Wildman–Crippen LogP) is 1.02. The number of hydrogen-bond donors (Lipinski definition) is 0. The summed E-state index contributed by atoms with van der Waals surface area (Å²) >= 11 is 0. The molecule has 4 saturated carbocycles. The zero-order valence-electron chi connectivity index (χ0n) is 12.4. The maximum atomic E-state index is 11.5. The summed E-state index contributed by atoms with van der Waals surface area (Å²) in [4.78, 5) is 45.7. The Hall–Kier alpha value is -2.60. The predicted molar refractivity (Wildman–Crippen MR) is 71.6 cm³/mol. The molecule has 13 nitrogen and oxygen atoms in total. The second-order valence-corrected chi connectivity index (χ2v) is 7.15. The van der Waals surface area contributed by atoms with Gasteiger partial charge in [-0.1, -0.05) is 0 Å². The molecule has 0 aromatic heterocycles. The molecule has 0 spiro atoms. The van der Waals surface area contributed by atoms with Crippen LogP contribution in [0.25, 0.3) is 0 Å². The maximum absolute atomic E-state index is 11.5. The van der Waals surface area contributed by atoms with Crippen LogP contribution in [0.2, 0.25) is 0 Å². The third-order valence-electron chi connectivity index (χ3n) is 5.75. The Morgan fingerprint density at radius 2 is 1.29 bits per heavy atom. The van der Waals surface area contributed by atoms with Crippen molar-refractivity contribution in [2.45, 2.75) is 49.9 Å². The van der Waals surface area contributed by atoms with E-state index >= 15 is 0 Å². The Balaban J connectivity index is 2.15. The maximum Gasteiger partial charge on any atom is 0.705 e. The van der Waals surface area contributed by atoms with Crippen LogP contribution in [0.4, 0.5) is 0 Å². The molecule has 4 bridgehead atoms. The first-order valence-corrected chi connectivity index (χ1v) is 7.34. The summed E-state index contributed by atoms with van der Waals surface area (Å²) in [5, 5.41) is 44.3. The van der Waals surface area contributed by atoms with Crippen molar-refractivity contribution < 1.29 is 24.7 Å². The van der Waals surface area contributed by atoms with Crippen LogP contribution >= 0.6 is 0 Å². The summed E-state index contributed by atoms with van der Waals surface area (Å²) in [6.45, 7) is 0. The van der Waals surface area contributed by atoms with Crippen molar-refractivity contribution in [2.24, 2.45) is 17.3 Å². The molecule has 13 heteroatoms. The van der Waals surface area contributed by atoms with E-state index in [0.29, 0.717) is 6.42 Å². The van der Waals surface area contributed by atoms with Crippen LogP contribution in [0.3, 0.4) is 0 Å². The van der Waals surface area contributed by atoms with E-state index in [4.69, 9.17) is 4.84 Å². The lowest BCUT2D eigenvalue weighted by atomic mass is 9.46. The Morgan fingerprint density at radius 1 is 0.833 bits per heavy atom. The van der Waals surface area contributed by atoms with Gasteiger partial charge in [-0.05, 0) is 43.9 Å². The highest BCUT2D eigenvalue weighted by molar-refractivity contribution is 5.11. The average molecular weight is 346 g/mol. The molecule has 132 valence electrons. The highest BCUT2D eigenvalue weighted by atomic mass is 17.0. The Bertz CT molecular complexity index is 599. The molecule has 0 N–H and O–H groups in total. The number of nitro groups is 3. The Labute approximate surface area is 133 Å². The fraction of sp³-hybridized carbons (Fsp3) is 1.00. The molecule has 0 radical (unpaired) electrons. The lowest BCUT2D eigenvalue weighted by molar-refractivity contribution is -0.989. The first-order chi connectivity index (χ1) is 11.1. The number of nitrogens with zero attached hydrogens (tertiary/aromatic N) is 4. The fourth-order valence-corrected chi connectivity index (χ4v) is 5.62. The molecule has 24 heavy (non-hydrogen) atoms. The highest BCUT2D eigenvalue weighted by Crippen LogP contribution is 2.66. The summed E-state index contributed by atoms with van der Waals surface area (Å²) in [6.07, 6.45) is 0.472. The molecule has 4 rings (SSSR count). The highest BCUT2D eigenvalue weighted by Gasteiger charge is 2.87. The largest absolute Gasteiger partial charge is 0.705 e. The van der Waals surface area contributed by atoms with E-state index in [-0.39, 0.29) is 37.5 Å². The van der Waals surface area contributed by atoms with Gasteiger partial charge in [0.25, 0.3) is 5.09 Å². The monoisotopic (exact) mass is 346 g/mol. The van der Waals surface area contributed by atoms with Crippen LogP contribution in [0.15, 0.2) is 0 Å². The molecule has 0 saturated heterocycles. The summed E-state index contributed by atoms with van der Waals surface area (Å²) in [5.74, 6) is -4.22. The molecule has 2 atom stereocenters. The molecule has 0 amide bonds. The van der Waals surface area contributed by atoms with E-state index in [0.717, 1.165) is 0 Å². The normalized spacial score (nSPS) is 37.0. The van der Waals surface area contributed by atoms with Gasteiger partial charge in [0.05, 0.1) is 0 Å². The lowest BCUT2D eigenvalue weighted by Crippen LogP contribution is -2.72. The van der Waals surface area contributed by atoms with Crippen LogP contribution in [0, 0.1) is 57.7 Å². The van der Waals surface area contributed by atoms with Gasteiger partial charge in [-0.25, -0.2) is 0 Å². The fourth-order valence-electron chi connectivity index (χ4n) is 5.62. The minimum Gasteiger partial charge on any atom is -0.307 e. The zero-order chi connectivity index (χ0) is 17.9. The van der Waals surface area contributed by atoms with Gasteiger partial charge in [-0.3, -0.25) is 30.3 Å². The van der Waals surface area contributed by atoms with E-state index in [1.54, 1.807) is 0 Å². The molecule has 4 aliphatic carbocycles. The zero-order valence-corrected chi connectivity index (χ0v) is 12.4. The van der Waals surface area contributed by atoms with Gasteiger partial charge in [0.15, 0.2) is 20.2 Å². The summed E-state index contributed by atoms with van der Waals surface area (Å²) in [7, 11) is 0. The van der Waals surface area contributed by atoms with E-state index < -0.39 is 43.1 Å². The second-order valence-electron chi connectivity index (χ2n) is 7.15. The van der Waals surface area contributed by atoms with Crippen molar-refractivity contribution in [2.75, 3.05) is 0 Å². The quantitative estimate of drug-likeness (QED) is 0.385. The summed E-state index contributed by atoms with van der Waals surface area (Å²) in [5.41, 5.74) is -3.32. The third-order valence-corrected chi connectivity index (χ3v) is 5.75. The van der Waals surface area contributed by atoms with Gasteiger partial charge < -0.3 is 4.84 Å². The minimum atomic E-state index is -3.62. The molecule has 4 aliphatic rings. The minimum absolute atomic E-state index is 0.0741. The molecule has 2 unspecified atom stereocenters. The molecule has 0 heterocycles. The molecule has 4 fully saturated rings. The molecule has 0 aromatic rings. The van der Waals surface area contributed by atoms with Crippen molar-refractivity contribution >= 4 is 0 Å². The van der Waals surface area contributed by atoms with Crippen molar-refractivity contribution in [1.82, 2.24) is 0 Å². The van der Waals surface area contributed by atoms with Gasteiger partial charge in [0, 0.05) is 6.42 Å². The lowest BCUT2D eigenvalue weighted by Gasteiger charge is -2.58. The van der Waals surface area contributed by atoms with E-state index in [2.05, 4.69) is 0 Å². The second kappa shape index (κ2) is 4.70. The molecule has 0 aromatic carbocycles.